The number of rotatable bonds is 4. The molecule has 2 aromatic carbocycles. The van der Waals surface area contributed by atoms with Gasteiger partial charge in [0.05, 0.1) is 10.4 Å². The summed E-state index contributed by atoms with van der Waals surface area (Å²) in [6, 6.07) is 16.7. The van der Waals surface area contributed by atoms with Gasteiger partial charge in [0, 0.05) is 24.4 Å². The number of hydrogen-bond donors (Lipinski definition) is 2. The van der Waals surface area contributed by atoms with Crippen molar-refractivity contribution < 1.29 is 14.1 Å². The molecule has 1 aliphatic rings. The number of nitrogens with zero attached hydrogens (tertiary/aromatic N) is 1. The van der Waals surface area contributed by atoms with Gasteiger partial charge in [-0.25, -0.2) is 8.93 Å². The van der Waals surface area contributed by atoms with Crippen molar-refractivity contribution in [3.05, 3.63) is 71.9 Å². The van der Waals surface area contributed by atoms with Crippen LogP contribution in [0.5, 0.6) is 0 Å². The molecule has 1 atom stereocenters. The molecule has 0 spiro atoms. The van der Waals surface area contributed by atoms with Crippen LogP contribution in [0.25, 0.3) is 10.9 Å². The summed E-state index contributed by atoms with van der Waals surface area (Å²) in [4.78, 5) is 16.8. The molecule has 126 valence electrons. The van der Waals surface area contributed by atoms with E-state index >= 15 is 0 Å². The van der Waals surface area contributed by atoms with Crippen molar-refractivity contribution in [2.75, 3.05) is 0 Å². The van der Waals surface area contributed by atoms with E-state index in [-0.39, 0.29) is 0 Å². The normalized spacial score (nSPS) is 16.5. The van der Waals surface area contributed by atoms with E-state index in [4.69, 9.17) is 0 Å². The molecule has 2 N–H and O–H groups in total. The summed E-state index contributed by atoms with van der Waals surface area (Å²) >= 11 is 0. The summed E-state index contributed by atoms with van der Waals surface area (Å²) < 4.78 is 15.9. The highest BCUT2D eigenvalue weighted by Gasteiger charge is 2.45. The third-order valence-electron chi connectivity index (χ3n) is 4.60. The molecule has 4 rings (SSSR count). The number of carboxylic acids is 1. The third kappa shape index (κ3) is 2.73. The zero-order valence-corrected chi connectivity index (χ0v) is 14.1. The zero-order chi connectivity index (χ0) is 17.4. The van der Waals surface area contributed by atoms with Gasteiger partial charge in [0.15, 0.2) is 0 Å². The lowest BCUT2D eigenvalue weighted by molar-refractivity contribution is -0.143. The molecule has 0 aliphatic heterocycles. The third-order valence-corrected chi connectivity index (χ3v) is 5.90. The largest absolute Gasteiger partial charge is 0.480 e. The van der Waals surface area contributed by atoms with E-state index in [2.05, 4.69) is 9.71 Å². The van der Waals surface area contributed by atoms with E-state index in [0.29, 0.717) is 23.3 Å². The Hall–Kier alpha value is -2.57. The van der Waals surface area contributed by atoms with Gasteiger partial charge in [-0.2, -0.15) is 0 Å². The van der Waals surface area contributed by atoms with Crippen LogP contribution in [0.1, 0.15) is 11.1 Å². The molecule has 6 heteroatoms. The summed E-state index contributed by atoms with van der Waals surface area (Å²) in [5, 5.41) is 10.7. The van der Waals surface area contributed by atoms with Crippen molar-refractivity contribution in [3.8, 4) is 0 Å². The maximum atomic E-state index is 13.0. The van der Waals surface area contributed by atoms with Gasteiger partial charge in [-0.05, 0) is 23.3 Å². The van der Waals surface area contributed by atoms with Crippen LogP contribution < -0.4 is 4.72 Å². The molecule has 1 unspecified atom stereocenters. The van der Waals surface area contributed by atoms with Crippen LogP contribution >= 0.6 is 0 Å². The Morgan fingerprint density at radius 2 is 1.72 bits per heavy atom. The SMILES string of the molecule is O=C(O)C1(NS(=O)c2cccc3cccnc23)Cc2ccccc2C1. The quantitative estimate of drug-likeness (QED) is 0.756. The highest BCUT2D eigenvalue weighted by Crippen LogP contribution is 2.31. The van der Waals surface area contributed by atoms with Crippen molar-refractivity contribution in [1.82, 2.24) is 9.71 Å². The Kier molecular flexibility index (Phi) is 3.86. The van der Waals surface area contributed by atoms with Gasteiger partial charge in [-0.1, -0.05) is 42.5 Å². The van der Waals surface area contributed by atoms with Gasteiger partial charge >= 0.3 is 5.97 Å². The van der Waals surface area contributed by atoms with Crippen LogP contribution in [0.2, 0.25) is 0 Å². The number of fused-ring (bicyclic) bond motifs is 2. The molecule has 0 amide bonds. The van der Waals surface area contributed by atoms with E-state index in [1.807, 2.05) is 42.5 Å². The smallest absolute Gasteiger partial charge is 0.325 e. The lowest BCUT2D eigenvalue weighted by Gasteiger charge is -2.25. The number of carbonyl (C=O) groups is 1. The first-order valence-electron chi connectivity index (χ1n) is 7.93. The number of carboxylic acid groups (broad SMARTS) is 1. The van der Waals surface area contributed by atoms with Crippen LogP contribution in [0, 0.1) is 0 Å². The van der Waals surface area contributed by atoms with Crippen molar-refractivity contribution in [2.45, 2.75) is 23.3 Å². The molecule has 0 radical (unpaired) electrons. The first-order chi connectivity index (χ1) is 12.1. The van der Waals surface area contributed by atoms with Gasteiger partial charge in [0.2, 0.25) is 0 Å². The monoisotopic (exact) mass is 352 g/mol. The summed E-state index contributed by atoms with van der Waals surface area (Å²) in [5.41, 5.74) is 1.30. The highest BCUT2D eigenvalue weighted by atomic mass is 32.2. The second-order valence-electron chi connectivity index (χ2n) is 6.21. The molecule has 0 saturated heterocycles. The van der Waals surface area contributed by atoms with Gasteiger partial charge in [0.1, 0.15) is 16.5 Å². The predicted molar refractivity (Wildman–Crippen MR) is 95.5 cm³/mol. The average Bonchev–Trinajstić information content (AvgIpc) is 3.00. The van der Waals surface area contributed by atoms with Crippen molar-refractivity contribution in [1.29, 1.82) is 0 Å². The summed E-state index contributed by atoms with van der Waals surface area (Å²) in [6.07, 6.45) is 2.26. The Labute approximate surface area is 147 Å². The number of nitrogens with one attached hydrogen (secondary N) is 1. The standard InChI is InChI=1S/C19H16N2O3S/c22-18(23)19(11-14-5-1-2-6-15(14)12-19)21-25(24)16-9-3-7-13-8-4-10-20-17(13)16/h1-10,21H,11-12H2,(H,22,23). The number of pyridine rings is 1. The van der Waals surface area contributed by atoms with E-state index in [9.17, 15) is 14.1 Å². The van der Waals surface area contributed by atoms with Crippen molar-refractivity contribution >= 4 is 27.9 Å². The Bertz CT molecular complexity index is 972. The molecule has 1 aliphatic carbocycles. The number of benzene rings is 2. The maximum Gasteiger partial charge on any atom is 0.325 e. The molecule has 0 saturated carbocycles. The number of para-hydroxylation sites is 1. The van der Waals surface area contributed by atoms with Crippen LogP contribution in [0.3, 0.4) is 0 Å². The van der Waals surface area contributed by atoms with Crippen LogP contribution in [0.4, 0.5) is 0 Å². The molecule has 3 aromatic rings. The maximum absolute atomic E-state index is 13.0. The molecule has 0 fully saturated rings. The van der Waals surface area contributed by atoms with Gasteiger partial charge < -0.3 is 5.11 Å². The van der Waals surface area contributed by atoms with Gasteiger partial charge in [-0.3, -0.25) is 9.78 Å². The molecular weight excluding hydrogens is 336 g/mol. The fourth-order valence-electron chi connectivity index (χ4n) is 3.34. The van der Waals surface area contributed by atoms with Crippen molar-refractivity contribution in [2.24, 2.45) is 0 Å². The minimum Gasteiger partial charge on any atom is -0.480 e. The molecule has 25 heavy (non-hydrogen) atoms. The Morgan fingerprint density at radius 1 is 1.04 bits per heavy atom. The lowest BCUT2D eigenvalue weighted by atomic mass is 9.98. The van der Waals surface area contributed by atoms with Crippen LogP contribution in [-0.2, 0) is 28.6 Å². The second kappa shape index (κ2) is 6.06. The van der Waals surface area contributed by atoms with Crippen LogP contribution in [-0.4, -0.2) is 25.8 Å². The Balaban J connectivity index is 1.70. The lowest BCUT2D eigenvalue weighted by Crippen LogP contribution is -2.53. The fraction of sp³-hybridized carbons (Fsp3) is 0.158. The topological polar surface area (TPSA) is 79.3 Å². The predicted octanol–water partition coefficient (Wildman–Crippen LogP) is 2.47. The number of aliphatic carboxylic acids is 1. The van der Waals surface area contributed by atoms with Gasteiger partial charge in [0.25, 0.3) is 0 Å². The fourth-order valence-corrected chi connectivity index (χ4v) is 4.59. The minimum absolute atomic E-state index is 0.308. The summed E-state index contributed by atoms with van der Waals surface area (Å²) in [5.74, 6) is -0.995. The Morgan fingerprint density at radius 3 is 2.40 bits per heavy atom. The highest BCUT2D eigenvalue weighted by molar-refractivity contribution is 7.83. The summed E-state index contributed by atoms with van der Waals surface area (Å²) in [6.45, 7) is 0. The zero-order valence-electron chi connectivity index (χ0n) is 13.3. The van der Waals surface area contributed by atoms with E-state index in [0.717, 1.165) is 16.5 Å². The molecule has 0 bridgehead atoms. The average molecular weight is 352 g/mol. The van der Waals surface area contributed by atoms with E-state index in [1.165, 1.54) is 0 Å². The molecular formula is C19H16N2O3S. The second-order valence-corrected chi connectivity index (χ2v) is 7.39. The molecule has 1 aromatic heterocycles. The van der Waals surface area contributed by atoms with Gasteiger partial charge in [-0.15, -0.1) is 0 Å². The first kappa shape index (κ1) is 15.9. The van der Waals surface area contributed by atoms with E-state index < -0.39 is 22.5 Å². The number of hydrogen-bond acceptors (Lipinski definition) is 3. The molecule has 1 heterocycles. The molecule has 5 nitrogen and oxygen atoms in total. The minimum atomic E-state index is -1.69. The van der Waals surface area contributed by atoms with E-state index in [1.54, 1.807) is 18.3 Å². The summed E-state index contributed by atoms with van der Waals surface area (Å²) in [7, 11) is -1.69. The van der Waals surface area contributed by atoms with Crippen molar-refractivity contribution in [3.63, 3.8) is 0 Å². The first-order valence-corrected chi connectivity index (χ1v) is 9.08. The van der Waals surface area contributed by atoms with Crippen LogP contribution in [0.15, 0.2) is 65.7 Å². The number of aromatic nitrogens is 1.